The van der Waals surface area contributed by atoms with Crippen LogP contribution in [0.3, 0.4) is 0 Å². The molecule has 0 aliphatic rings. The summed E-state index contributed by atoms with van der Waals surface area (Å²) in [6.07, 6.45) is 19.0. The number of hydrogen-bond acceptors (Lipinski definition) is 17. The molecule has 1 amide bonds. The number of nitrogens with one attached hydrogen (secondary N) is 2. The lowest BCUT2D eigenvalue weighted by atomic mass is 9.85. The molecule has 0 heterocycles. The van der Waals surface area contributed by atoms with E-state index >= 15 is 0 Å². The molecule has 22 heteroatoms. The van der Waals surface area contributed by atoms with Gasteiger partial charge in [0.1, 0.15) is 30.6 Å². The number of ketones is 8. The van der Waals surface area contributed by atoms with Crippen LogP contribution >= 0.6 is 0 Å². The molecule has 0 aromatic rings. The van der Waals surface area contributed by atoms with Crippen molar-refractivity contribution in [3.05, 3.63) is 12.2 Å². The first-order valence-corrected chi connectivity index (χ1v) is 36.6. The van der Waals surface area contributed by atoms with Crippen LogP contribution in [0.5, 0.6) is 0 Å². The number of rotatable bonds is 32. The number of nitrogens with two attached hydrogens (primary N) is 4. The Morgan fingerprint density at radius 2 is 0.902 bits per heavy atom. The quantitative estimate of drug-likeness (QED) is 0.00590. The highest BCUT2D eigenvalue weighted by molar-refractivity contribution is 6.00. The zero-order chi connectivity index (χ0) is 82.5. The molecule has 1 unspecified atom stereocenters. The predicted octanol–water partition coefficient (Wildman–Crippen LogP) is 14.6. The van der Waals surface area contributed by atoms with E-state index in [1.165, 1.54) is 49.2 Å². The van der Waals surface area contributed by atoms with Crippen LogP contribution in [-0.2, 0) is 62.2 Å². The number of hydrogen-bond donors (Lipinski definition) is 8. The average Bonchev–Trinajstić information content (AvgIpc) is 0.887. The van der Waals surface area contributed by atoms with Gasteiger partial charge in [-0.25, -0.2) is 9.59 Å². The topological polar surface area (TPSA) is 390 Å². The van der Waals surface area contributed by atoms with E-state index < -0.39 is 28.4 Å². The minimum atomic E-state index is -1.68. The van der Waals surface area contributed by atoms with Crippen molar-refractivity contribution in [2.75, 3.05) is 46.6 Å². The number of amides is 1. The molecule has 0 aliphatic heterocycles. The minimum absolute atomic E-state index is 0.0146. The molecule has 102 heavy (non-hydrogen) atoms. The van der Waals surface area contributed by atoms with Gasteiger partial charge in [0.15, 0.2) is 34.8 Å². The van der Waals surface area contributed by atoms with Gasteiger partial charge in [0.2, 0.25) is 11.7 Å². The van der Waals surface area contributed by atoms with Crippen molar-refractivity contribution >= 4 is 70.1 Å². The van der Waals surface area contributed by atoms with Crippen molar-refractivity contribution in [1.82, 2.24) is 10.2 Å². The number of nitrogens with zero attached hydrogens (tertiary/aromatic N) is 1. The summed E-state index contributed by atoms with van der Waals surface area (Å²) in [4.78, 5) is 124. The smallest absolute Gasteiger partial charge is 0.338 e. The third-order valence-corrected chi connectivity index (χ3v) is 14.4. The molecule has 0 saturated heterocycles. The summed E-state index contributed by atoms with van der Waals surface area (Å²) in [6, 6.07) is -0.258. The van der Waals surface area contributed by atoms with E-state index in [9.17, 15) is 52.7 Å². The number of unbranched alkanes of at least 4 members (excludes halogenated alkanes) is 8. The molecule has 12 N–H and O–H groups in total. The third kappa shape index (κ3) is 73.9. The van der Waals surface area contributed by atoms with E-state index in [2.05, 4.69) is 37.9 Å². The van der Waals surface area contributed by atoms with Crippen LogP contribution in [0, 0.1) is 60.6 Å². The fraction of sp³-hybridized carbons (Fsp3) is 0.800. The van der Waals surface area contributed by atoms with E-state index in [4.69, 9.17) is 48.0 Å². The summed E-state index contributed by atoms with van der Waals surface area (Å²) < 4.78 is 9.76. The number of carbonyl (C=O) groups excluding carboxylic acids is 9. The standard InChI is InChI=1S/C12H25NO.C12H20O.C11H22N2O3.C10H17NO2.C10H18O5.C9H18O.C8H17N3O.C8H16O/c1-5-6-7-8-9-10(13)11(14)12(2,3)4;1-5-6-7-8-9-10-11(13)12(2,3)4;1-10(2,3)8(14)6-4-5-7-11(12,13)9(15)16;1-5-11-9(13)7-6-8(12)10(2,3)4;1-10(2,3)8(11)6-14-4-5-15-7-9(12)13;1-5-6-7-8(10)9(2,3)4;1-8(2,3)6(12)5-11(4)7(9)10;1-5-6-7(9)8(2,3)4/h10H,5-9,13H2,1-4H3;5-8H2,1-4H3;4-7,12-13H2,1-3H3,(H,15,16);6-7H,5H2,1-4H3,(H,11,13);4-7H2,1-3H3,(H,12,13);5-7H2,1-4H3;5H2,1-4H3,(H3,9,10);5-6H2,1-4H3/b;;;7-6-;;;;. The molecule has 0 aromatic carbocycles. The summed E-state index contributed by atoms with van der Waals surface area (Å²) in [5.74, 6) is 4.30. The van der Waals surface area contributed by atoms with Crippen LogP contribution in [0.1, 0.15) is 316 Å². The van der Waals surface area contributed by atoms with E-state index in [-0.39, 0.29) is 124 Å². The Bertz CT molecular complexity index is 2520. The second-order valence-corrected chi connectivity index (χ2v) is 33.8. The van der Waals surface area contributed by atoms with Crippen LogP contribution in [0.4, 0.5) is 0 Å². The van der Waals surface area contributed by atoms with Gasteiger partial charge in [-0.1, -0.05) is 245 Å². The predicted molar refractivity (Wildman–Crippen MR) is 418 cm³/mol. The lowest BCUT2D eigenvalue weighted by molar-refractivity contribution is -0.144. The van der Waals surface area contributed by atoms with Crippen LogP contribution in [-0.4, -0.2) is 143 Å². The number of carboxylic acid groups (broad SMARTS) is 2. The summed E-state index contributed by atoms with van der Waals surface area (Å²) in [5, 5.41) is 26.5. The molecule has 0 radical (unpaired) electrons. The highest BCUT2D eigenvalue weighted by Gasteiger charge is 2.30. The highest BCUT2D eigenvalue weighted by Crippen LogP contribution is 2.23. The zero-order valence-corrected chi connectivity index (χ0v) is 70.2. The number of aliphatic carboxylic acids is 2. The molecule has 598 valence electrons. The van der Waals surface area contributed by atoms with Crippen molar-refractivity contribution < 1.29 is 72.4 Å². The summed E-state index contributed by atoms with van der Waals surface area (Å²) >= 11 is 0. The minimum Gasteiger partial charge on any atom is -0.480 e. The maximum absolute atomic E-state index is 11.7. The zero-order valence-electron chi connectivity index (χ0n) is 70.2. The Kier molecular flexibility index (Phi) is 63.1. The van der Waals surface area contributed by atoms with Crippen molar-refractivity contribution in [2.24, 2.45) is 66.3 Å². The molecule has 0 bridgehead atoms. The summed E-state index contributed by atoms with van der Waals surface area (Å²) in [7, 11) is 1.63. The van der Waals surface area contributed by atoms with Crippen LogP contribution in [0.25, 0.3) is 0 Å². The first kappa shape index (κ1) is 112. The van der Waals surface area contributed by atoms with Crippen molar-refractivity contribution in [2.45, 2.75) is 328 Å². The second kappa shape index (κ2) is 57.5. The van der Waals surface area contributed by atoms with E-state index in [1.807, 2.05) is 180 Å². The lowest BCUT2D eigenvalue weighted by Gasteiger charge is -2.22. The SMILES string of the molecule is CC(C)(C)C(=O)CCCCC(N)(N)C(=O)O.CC(C)(C)C(=O)COCCOCC(=O)O.CCCC(=O)C(C)(C)C.CCCCC(=O)C(C)(C)C.CCCCCC#CC(=O)C(C)(C)C.CCCCCCC(N)C(=O)C(C)(C)C.CCNC(=O)/C=C\C(=O)C(C)(C)C.CN(CC(=O)C(C)(C)C)C(=N)N. The first-order valence-electron chi connectivity index (χ1n) is 36.6. The fourth-order valence-corrected chi connectivity index (χ4v) is 6.60. The first-order chi connectivity index (χ1) is 45.9. The van der Waals surface area contributed by atoms with Gasteiger partial charge in [0, 0.05) is 88.7 Å². The Hall–Kier alpha value is -5.86. The molecule has 0 aliphatic carbocycles. The molecule has 0 fully saturated rings. The number of likely N-dealkylation sites (N-methyl/N-ethyl adjacent to an activating group) is 2. The Balaban J connectivity index is -0.000000166. The largest absolute Gasteiger partial charge is 0.480 e. The Morgan fingerprint density at radius 3 is 1.25 bits per heavy atom. The molecule has 0 spiro atoms. The van der Waals surface area contributed by atoms with Gasteiger partial charge in [-0.3, -0.25) is 48.6 Å². The van der Waals surface area contributed by atoms with Gasteiger partial charge in [0.05, 0.1) is 25.8 Å². The number of guanidine groups is 1. The third-order valence-electron chi connectivity index (χ3n) is 14.4. The number of carbonyl (C=O) groups is 11. The van der Waals surface area contributed by atoms with Crippen LogP contribution in [0.2, 0.25) is 0 Å². The average molecular weight is 1450 g/mol. The van der Waals surface area contributed by atoms with Gasteiger partial charge in [-0.15, -0.1) is 0 Å². The van der Waals surface area contributed by atoms with E-state index in [0.717, 1.165) is 57.8 Å². The monoisotopic (exact) mass is 1450 g/mol. The van der Waals surface area contributed by atoms with Crippen LogP contribution < -0.4 is 28.3 Å². The number of Topliss-reactive ketones (excluding diaryl/α,β-unsaturated/α-hetero) is 7. The molecule has 22 nitrogen and oxygen atoms in total. The van der Waals surface area contributed by atoms with Crippen molar-refractivity contribution in [3.63, 3.8) is 0 Å². The molecule has 0 saturated carbocycles. The normalized spacial score (nSPS) is 11.9. The second-order valence-electron chi connectivity index (χ2n) is 33.8. The number of allylic oxidation sites excluding steroid dienone is 1. The van der Waals surface area contributed by atoms with Gasteiger partial charge in [-0.05, 0) is 63.9 Å². The molecular formula is C80H153N7O15. The maximum atomic E-state index is 11.7. The lowest BCUT2D eigenvalue weighted by Crippen LogP contribution is -2.56. The van der Waals surface area contributed by atoms with Gasteiger partial charge in [0.25, 0.3) is 0 Å². The van der Waals surface area contributed by atoms with Crippen LogP contribution in [0.15, 0.2) is 12.2 Å². The van der Waals surface area contributed by atoms with Crippen molar-refractivity contribution in [3.8, 4) is 11.8 Å². The number of ether oxygens (including phenoxy) is 2. The molecule has 1 atom stereocenters. The van der Waals surface area contributed by atoms with Crippen molar-refractivity contribution in [1.29, 1.82) is 5.41 Å². The van der Waals surface area contributed by atoms with E-state index in [1.54, 1.807) is 7.05 Å². The van der Waals surface area contributed by atoms with Gasteiger partial charge >= 0.3 is 11.9 Å². The summed E-state index contributed by atoms with van der Waals surface area (Å²) in [5.41, 5.74) is 17.7. The maximum Gasteiger partial charge on any atom is 0.338 e. The van der Waals surface area contributed by atoms with Gasteiger partial charge in [-0.2, -0.15) is 0 Å². The van der Waals surface area contributed by atoms with E-state index in [0.29, 0.717) is 37.4 Å². The highest BCUT2D eigenvalue weighted by atomic mass is 16.5. The Labute approximate surface area is 620 Å². The summed E-state index contributed by atoms with van der Waals surface area (Å²) in [6.45, 7) is 56.6. The molecule has 0 aromatic heterocycles. The molecular weight excluding hydrogens is 1300 g/mol. The van der Waals surface area contributed by atoms with Gasteiger partial charge < -0.3 is 52.8 Å². The molecule has 0 rings (SSSR count). The Morgan fingerprint density at radius 1 is 0.490 bits per heavy atom. The fourth-order valence-electron chi connectivity index (χ4n) is 6.60. The number of carboxylic acids is 2.